The number of amides is 1. The van der Waals surface area contributed by atoms with Crippen LogP contribution in [0.25, 0.3) is 0 Å². The smallest absolute Gasteiger partial charge is 0.258 e. The molecule has 0 saturated heterocycles. The second-order valence-corrected chi connectivity index (χ2v) is 5.65. The van der Waals surface area contributed by atoms with E-state index in [1.54, 1.807) is 18.2 Å². The normalized spacial score (nSPS) is 11.4. The molecule has 0 aromatic heterocycles. The summed E-state index contributed by atoms with van der Waals surface area (Å²) in [5.74, 6) is 0.694. The van der Waals surface area contributed by atoms with Gasteiger partial charge < -0.3 is 14.8 Å². The molecule has 2 aromatic carbocycles. The van der Waals surface area contributed by atoms with Crippen LogP contribution in [0.5, 0.6) is 11.5 Å². The Balaban J connectivity index is 1.95. The summed E-state index contributed by atoms with van der Waals surface area (Å²) in [4.78, 5) is 23.2. The molecule has 0 unspecified atom stereocenters. The fourth-order valence-electron chi connectivity index (χ4n) is 2.30. The van der Waals surface area contributed by atoms with Crippen LogP contribution in [0, 0.1) is 0 Å². The number of hydrogen-bond acceptors (Lipinski definition) is 4. The number of carbonyl (C=O) groups is 2. The quantitative estimate of drug-likeness (QED) is 0.709. The number of rotatable bonds is 9. The summed E-state index contributed by atoms with van der Waals surface area (Å²) in [5, 5.41) is 2.87. The zero-order chi connectivity index (χ0) is 18.1. The van der Waals surface area contributed by atoms with Crippen molar-refractivity contribution in [2.75, 3.05) is 13.2 Å². The van der Waals surface area contributed by atoms with Crippen LogP contribution in [-0.2, 0) is 4.79 Å². The number of carbonyl (C=O) groups excluding carboxylic acids is 2. The maximum atomic E-state index is 12.1. The van der Waals surface area contributed by atoms with Crippen molar-refractivity contribution in [1.29, 1.82) is 0 Å². The lowest BCUT2D eigenvalue weighted by Gasteiger charge is -2.15. The van der Waals surface area contributed by atoms with E-state index in [1.807, 2.05) is 44.2 Å². The van der Waals surface area contributed by atoms with Crippen molar-refractivity contribution in [1.82, 2.24) is 5.32 Å². The van der Waals surface area contributed by atoms with Crippen LogP contribution in [0.1, 0.15) is 42.2 Å². The van der Waals surface area contributed by atoms with Gasteiger partial charge in [0, 0.05) is 6.07 Å². The highest BCUT2D eigenvalue weighted by Crippen LogP contribution is 2.24. The predicted octanol–water partition coefficient (Wildman–Crippen LogP) is 3.54. The highest BCUT2D eigenvalue weighted by molar-refractivity contribution is 5.81. The van der Waals surface area contributed by atoms with Gasteiger partial charge in [0.15, 0.2) is 12.9 Å². The molecule has 0 aliphatic carbocycles. The first-order valence-electron chi connectivity index (χ1n) is 8.33. The molecule has 0 bridgehead atoms. The van der Waals surface area contributed by atoms with E-state index in [9.17, 15) is 9.59 Å². The van der Waals surface area contributed by atoms with E-state index in [4.69, 9.17) is 9.47 Å². The number of ether oxygens (including phenoxy) is 2. The van der Waals surface area contributed by atoms with Crippen molar-refractivity contribution in [2.24, 2.45) is 0 Å². The van der Waals surface area contributed by atoms with E-state index >= 15 is 0 Å². The highest BCUT2D eigenvalue weighted by Gasteiger charge is 2.12. The first kappa shape index (κ1) is 18.5. The summed E-state index contributed by atoms with van der Waals surface area (Å²) in [5.41, 5.74) is 1.40. The zero-order valence-corrected chi connectivity index (χ0v) is 14.5. The van der Waals surface area contributed by atoms with Crippen LogP contribution in [-0.4, -0.2) is 25.4 Å². The topological polar surface area (TPSA) is 64.6 Å². The third-order valence-corrected chi connectivity index (χ3v) is 3.62. The van der Waals surface area contributed by atoms with Crippen LogP contribution >= 0.6 is 0 Å². The Bertz CT molecular complexity index is 700. The molecule has 2 aromatic rings. The zero-order valence-electron chi connectivity index (χ0n) is 14.5. The Hall–Kier alpha value is -2.82. The summed E-state index contributed by atoms with van der Waals surface area (Å²) in [6, 6.07) is 14.5. The van der Waals surface area contributed by atoms with Crippen LogP contribution < -0.4 is 14.8 Å². The van der Waals surface area contributed by atoms with Gasteiger partial charge in [0.25, 0.3) is 5.91 Å². The van der Waals surface area contributed by atoms with E-state index < -0.39 is 0 Å². The van der Waals surface area contributed by atoms with E-state index in [1.165, 1.54) is 0 Å². The minimum absolute atomic E-state index is 0.123. The Kier molecular flexibility index (Phi) is 7.01. The van der Waals surface area contributed by atoms with Gasteiger partial charge in [0.05, 0.1) is 18.2 Å². The second kappa shape index (κ2) is 9.47. The van der Waals surface area contributed by atoms with Gasteiger partial charge in [-0.3, -0.25) is 9.59 Å². The molecule has 1 N–H and O–H groups in total. The summed E-state index contributed by atoms with van der Waals surface area (Å²) in [7, 11) is 0. The molecule has 0 radical (unpaired) electrons. The second-order valence-electron chi connectivity index (χ2n) is 5.65. The molecular formula is C20H23NO4. The van der Waals surface area contributed by atoms with Gasteiger partial charge >= 0.3 is 0 Å². The summed E-state index contributed by atoms with van der Waals surface area (Å²) >= 11 is 0. The molecule has 5 nitrogen and oxygen atoms in total. The van der Waals surface area contributed by atoms with Crippen molar-refractivity contribution >= 4 is 12.2 Å². The van der Waals surface area contributed by atoms with Crippen molar-refractivity contribution in [3.05, 3.63) is 59.7 Å². The maximum absolute atomic E-state index is 12.1. The minimum atomic E-state index is -0.256. The minimum Gasteiger partial charge on any atom is -0.493 e. The summed E-state index contributed by atoms with van der Waals surface area (Å²) in [6.07, 6.45) is 1.58. The van der Waals surface area contributed by atoms with Gasteiger partial charge in [-0.25, -0.2) is 0 Å². The lowest BCUT2D eigenvalue weighted by atomic mass is 10.1. The van der Waals surface area contributed by atoms with Crippen LogP contribution in [0.4, 0.5) is 0 Å². The molecule has 0 aliphatic rings. The van der Waals surface area contributed by atoms with Crippen molar-refractivity contribution < 1.29 is 19.1 Å². The van der Waals surface area contributed by atoms with Gasteiger partial charge in [-0.05, 0) is 31.0 Å². The van der Waals surface area contributed by atoms with E-state index in [2.05, 4.69) is 5.32 Å². The van der Waals surface area contributed by atoms with Gasteiger partial charge in [0.2, 0.25) is 0 Å². The van der Waals surface area contributed by atoms with E-state index in [0.29, 0.717) is 30.0 Å². The van der Waals surface area contributed by atoms with Crippen molar-refractivity contribution in [3.8, 4) is 11.5 Å². The molecule has 0 saturated carbocycles. The number of aldehydes is 1. The third-order valence-electron chi connectivity index (χ3n) is 3.62. The fourth-order valence-corrected chi connectivity index (χ4v) is 2.30. The third kappa shape index (κ3) is 5.64. The molecule has 132 valence electrons. The van der Waals surface area contributed by atoms with Gasteiger partial charge in [0.1, 0.15) is 11.5 Å². The van der Waals surface area contributed by atoms with Gasteiger partial charge in [-0.1, -0.05) is 37.3 Å². The number of hydrogen-bond donors (Lipinski definition) is 1. The Morgan fingerprint density at radius 2 is 1.92 bits per heavy atom. The fraction of sp³-hybridized carbons (Fsp3) is 0.300. The number of benzene rings is 2. The largest absolute Gasteiger partial charge is 0.493 e. The molecule has 25 heavy (non-hydrogen) atoms. The molecule has 2 rings (SSSR count). The molecule has 0 aliphatic heterocycles. The first-order valence-corrected chi connectivity index (χ1v) is 8.33. The van der Waals surface area contributed by atoms with Crippen molar-refractivity contribution in [2.45, 2.75) is 26.3 Å². The van der Waals surface area contributed by atoms with Gasteiger partial charge in [-0.15, -0.1) is 0 Å². The van der Waals surface area contributed by atoms with Gasteiger partial charge in [-0.2, -0.15) is 0 Å². The standard InChI is InChI=1S/C20H23NO4/c1-3-11-24-18-10-9-17(13-22)19(12-18)25-14-20(23)21-15(2)16-7-5-4-6-8-16/h4-10,12-13,15H,3,11,14H2,1-2H3,(H,21,23)/t15-/m0/s1. The Morgan fingerprint density at radius 3 is 2.60 bits per heavy atom. The molecule has 1 atom stereocenters. The monoisotopic (exact) mass is 341 g/mol. The van der Waals surface area contributed by atoms with Crippen LogP contribution in [0.15, 0.2) is 48.5 Å². The average molecular weight is 341 g/mol. The molecular weight excluding hydrogens is 318 g/mol. The van der Waals surface area contributed by atoms with Crippen LogP contribution in [0.2, 0.25) is 0 Å². The maximum Gasteiger partial charge on any atom is 0.258 e. The molecule has 0 fully saturated rings. The SMILES string of the molecule is CCCOc1ccc(C=O)c(OCC(=O)N[C@@H](C)c2ccccc2)c1. The van der Waals surface area contributed by atoms with Crippen molar-refractivity contribution in [3.63, 3.8) is 0 Å². The molecule has 0 heterocycles. The molecule has 1 amide bonds. The Labute approximate surface area is 148 Å². The Morgan fingerprint density at radius 1 is 1.16 bits per heavy atom. The van der Waals surface area contributed by atoms with E-state index in [0.717, 1.165) is 12.0 Å². The summed E-state index contributed by atoms with van der Waals surface area (Å²) in [6.45, 7) is 4.32. The predicted molar refractivity (Wildman–Crippen MR) is 96.1 cm³/mol. The van der Waals surface area contributed by atoms with Crippen LogP contribution in [0.3, 0.4) is 0 Å². The first-order chi connectivity index (χ1) is 12.1. The number of nitrogens with one attached hydrogen (secondary N) is 1. The highest BCUT2D eigenvalue weighted by atomic mass is 16.5. The average Bonchev–Trinajstić information content (AvgIpc) is 2.65. The molecule has 5 heteroatoms. The summed E-state index contributed by atoms with van der Waals surface area (Å²) < 4.78 is 11.1. The lowest BCUT2D eigenvalue weighted by molar-refractivity contribution is -0.123. The van der Waals surface area contributed by atoms with E-state index in [-0.39, 0.29) is 18.6 Å². The molecule has 0 spiro atoms. The lowest BCUT2D eigenvalue weighted by Crippen LogP contribution is -2.31.